The molecular formula is C29H31N3O2. The lowest BCUT2D eigenvalue weighted by atomic mass is 9.84. The van der Waals surface area contributed by atoms with Crippen LogP contribution < -0.4 is 11.2 Å². The van der Waals surface area contributed by atoms with E-state index in [2.05, 4.69) is 59.0 Å². The first-order valence-electron chi connectivity index (χ1n) is 12.2. The number of hydroxylamine groups is 1. The molecule has 2 aliphatic carbocycles. The monoisotopic (exact) mass is 453 g/mol. The topological polar surface area (TPSA) is 76.7 Å². The molecule has 3 aromatic rings. The lowest BCUT2D eigenvalue weighted by Crippen LogP contribution is -2.44. The molecule has 2 aliphatic rings. The van der Waals surface area contributed by atoms with Gasteiger partial charge in [0.2, 0.25) is 0 Å². The third kappa shape index (κ3) is 4.67. The fourth-order valence-corrected chi connectivity index (χ4v) is 5.34. The van der Waals surface area contributed by atoms with Crippen molar-refractivity contribution < 1.29 is 9.63 Å². The molecule has 5 rings (SSSR count). The van der Waals surface area contributed by atoms with Crippen molar-refractivity contribution in [2.75, 3.05) is 6.61 Å². The predicted molar refractivity (Wildman–Crippen MR) is 135 cm³/mol. The normalized spacial score (nSPS) is 17.2. The predicted octanol–water partition coefficient (Wildman–Crippen LogP) is 5.20. The summed E-state index contributed by atoms with van der Waals surface area (Å²) in [6.45, 7) is 0.447. The van der Waals surface area contributed by atoms with Gasteiger partial charge in [-0.3, -0.25) is 4.79 Å². The number of nitrogens with one attached hydrogen (secondary N) is 1. The van der Waals surface area contributed by atoms with Crippen molar-refractivity contribution in [1.82, 2.24) is 5.48 Å². The summed E-state index contributed by atoms with van der Waals surface area (Å²) in [4.78, 5) is 23.6. The third-order valence-electron chi connectivity index (χ3n) is 7.11. The Morgan fingerprint density at radius 1 is 0.882 bits per heavy atom. The van der Waals surface area contributed by atoms with E-state index in [4.69, 9.17) is 10.6 Å². The molecule has 174 valence electrons. The van der Waals surface area contributed by atoms with Crippen molar-refractivity contribution in [3.05, 3.63) is 95.6 Å². The Labute approximate surface area is 201 Å². The number of carbonyl (C=O) groups excluding carboxylic acids is 1. The van der Waals surface area contributed by atoms with Gasteiger partial charge in [0.25, 0.3) is 5.91 Å². The average molecular weight is 454 g/mol. The van der Waals surface area contributed by atoms with E-state index in [0.29, 0.717) is 6.61 Å². The summed E-state index contributed by atoms with van der Waals surface area (Å²) < 4.78 is 0. The quantitative estimate of drug-likeness (QED) is 0.293. The van der Waals surface area contributed by atoms with Crippen molar-refractivity contribution in [1.29, 1.82) is 0 Å². The molecule has 0 heterocycles. The Kier molecular flexibility index (Phi) is 6.84. The summed E-state index contributed by atoms with van der Waals surface area (Å²) in [7, 11) is 0. The largest absolute Gasteiger partial charge is 0.383 e. The third-order valence-corrected chi connectivity index (χ3v) is 7.11. The Morgan fingerprint density at radius 3 is 2.12 bits per heavy atom. The Morgan fingerprint density at radius 2 is 1.47 bits per heavy atom. The van der Waals surface area contributed by atoms with Crippen molar-refractivity contribution in [3.8, 4) is 11.1 Å². The van der Waals surface area contributed by atoms with Gasteiger partial charge in [0.1, 0.15) is 11.9 Å². The van der Waals surface area contributed by atoms with E-state index in [1.807, 2.05) is 30.3 Å². The van der Waals surface area contributed by atoms with E-state index < -0.39 is 6.04 Å². The average Bonchev–Trinajstić information content (AvgIpc) is 3.21. The highest BCUT2D eigenvalue weighted by atomic mass is 16.6. The summed E-state index contributed by atoms with van der Waals surface area (Å²) in [6, 6.07) is 25.9. The molecule has 0 aromatic heterocycles. The first kappa shape index (κ1) is 22.5. The van der Waals surface area contributed by atoms with Crippen LogP contribution in [-0.2, 0) is 9.63 Å². The number of hydrogen-bond donors (Lipinski definition) is 2. The summed E-state index contributed by atoms with van der Waals surface area (Å²) in [5.41, 5.74) is 15.1. The highest BCUT2D eigenvalue weighted by Gasteiger charge is 2.32. The van der Waals surface area contributed by atoms with Crippen LogP contribution in [0.5, 0.6) is 0 Å². The molecule has 1 fully saturated rings. The van der Waals surface area contributed by atoms with Crippen LogP contribution in [0.4, 0.5) is 0 Å². The second-order valence-corrected chi connectivity index (χ2v) is 9.23. The van der Waals surface area contributed by atoms with Crippen LogP contribution in [0.15, 0.2) is 83.9 Å². The van der Waals surface area contributed by atoms with Crippen molar-refractivity contribution in [2.24, 2.45) is 16.6 Å². The highest BCUT2D eigenvalue weighted by Crippen LogP contribution is 2.44. The minimum atomic E-state index is -0.505. The molecule has 0 radical (unpaired) electrons. The zero-order chi connectivity index (χ0) is 23.3. The zero-order valence-corrected chi connectivity index (χ0v) is 19.3. The van der Waals surface area contributed by atoms with Gasteiger partial charge in [0, 0.05) is 11.5 Å². The van der Waals surface area contributed by atoms with Gasteiger partial charge in [-0.15, -0.1) is 0 Å². The van der Waals surface area contributed by atoms with Crippen molar-refractivity contribution >= 4 is 11.7 Å². The van der Waals surface area contributed by atoms with Crippen molar-refractivity contribution in [2.45, 2.75) is 44.1 Å². The number of amides is 1. The number of benzene rings is 3. The Hall–Kier alpha value is -3.28. The molecule has 3 N–H and O–H groups in total. The van der Waals surface area contributed by atoms with Gasteiger partial charge in [-0.2, -0.15) is 10.5 Å². The van der Waals surface area contributed by atoms with Gasteiger partial charge in [0.05, 0.1) is 6.61 Å². The van der Waals surface area contributed by atoms with Gasteiger partial charge < -0.3 is 10.6 Å². The number of nitrogens with zero attached hydrogens (tertiary/aromatic N) is 1. The van der Waals surface area contributed by atoms with Crippen LogP contribution in [0.25, 0.3) is 11.1 Å². The first-order valence-corrected chi connectivity index (χ1v) is 12.2. The molecule has 3 aromatic carbocycles. The maximum atomic E-state index is 13.2. The molecule has 1 atom stereocenters. The molecule has 0 aliphatic heterocycles. The molecule has 1 saturated carbocycles. The van der Waals surface area contributed by atoms with Gasteiger partial charge in [0.15, 0.2) is 0 Å². The van der Waals surface area contributed by atoms with Gasteiger partial charge in [-0.1, -0.05) is 98.1 Å². The summed E-state index contributed by atoms with van der Waals surface area (Å²) in [5.74, 6) is 0.295. The number of hydrogen-bond acceptors (Lipinski definition) is 3. The molecule has 0 bridgehead atoms. The van der Waals surface area contributed by atoms with Gasteiger partial charge in [-0.05, 0) is 41.0 Å². The van der Waals surface area contributed by atoms with Crippen molar-refractivity contribution in [3.63, 3.8) is 0 Å². The van der Waals surface area contributed by atoms with Crippen LogP contribution in [0.1, 0.15) is 54.7 Å². The minimum absolute atomic E-state index is 0.125. The van der Waals surface area contributed by atoms with E-state index >= 15 is 0 Å². The first-order chi connectivity index (χ1) is 16.7. The maximum Gasteiger partial charge on any atom is 0.267 e. The smallest absolute Gasteiger partial charge is 0.267 e. The van der Waals surface area contributed by atoms with Crippen LogP contribution >= 0.6 is 0 Å². The molecule has 0 spiro atoms. The number of fused-ring (bicyclic) bond motifs is 3. The van der Waals surface area contributed by atoms with Crippen LogP contribution in [0, 0.1) is 5.92 Å². The van der Waals surface area contributed by atoms with E-state index in [0.717, 1.165) is 31.2 Å². The molecule has 34 heavy (non-hydrogen) atoms. The van der Waals surface area contributed by atoms with Crippen LogP contribution in [0.3, 0.4) is 0 Å². The van der Waals surface area contributed by atoms with E-state index in [1.54, 1.807) is 0 Å². The number of aliphatic imine (C=N–C) groups is 1. The lowest BCUT2D eigenvalue weighted by molar-refractivity contribution is -0.126. The second-order valence-electron chi connectivity index (χ2n) is 9.23. The fraction of sp³-hybridized carbons (Fsp3) is 0.310. The van der Waals surface area contributed by atoms with Crippen LogP contribution in [-0.4, -0.2) is 24.4 Å². The number of rotatable bonds is 7. The van der Waals surface area contributed by atoms with E-state index in [9.17, 15) is 4.79 Å². The number of amidine groups is 1. The standard InChI is InChI=1S/C29H31N3O2/c30-28(21-13-5-2-6-14-21)31-29(33)27(20-11-3-1-4-12-20)32-34-19-26-24-17-9-7-15-22(24)23-16-8-10-18-25(23)26/h2,5-10,13-18,20,26-27,32H,1,3-4,11-12,19H2,(H2,30,31,33). The Bertz CT molecular complexity index is 1120. The van der Waals surface area contributed by atoms with Crippen LogP contribution in [0.2, 0.25) is 0 Å². The summed E-state index contributed by atoms with van der Waals surface area (Å²) in [6.07, 6.45) is 5.43. The molecule has 0 saturated heterocycles. The number of carbonyl (C=O) groups is 1. The molecule has 1 unspecified atom stereocenters. The van der Waals surface area contributed by atoms with Gasteiger partial charge >= 0.3 is 0 Å². The highest BCUT2D eigenvalue weighted by molar-refractivity contribution is 6.05. The van der Waals surface area contributed by atoms with E-state index in [-0.39, 0.29) is 23.6 Å². The minimum Gasteiger partial charge on any atom is -0.383 e. The number of nitrogens with two attached hydrogens (primary N) is 1. The SMILES string of the molecule is NC(=NC(=O)C(NOCC1c2ccccc2-c2ccccc21)C1CCCCC1)c1ccccc1. The maximum absolute atomic E-state index is 13.2. The molecule has 5 nitrogen and oxygen atoms in total. The lowest BCUT2D eigenvalue weighted by Gasteiger charge is -2.29. The fourth-order valence-electron chi connectivity index (χ4n) is 5.34. The van der Waals surface area contributed by atoms with Gasteiger partial charge in [-0.25, -0.2) is 0 Å². The summed E-state index contributed by atoms with van der Waals surface area (Å²) in [5, 5.41) is 0. The van der Waals surface area contributed by atoms with E-state index in [1.165, 1.54) is 28.7 Å². The molecular weight excluding hydrogens is 422 g/mol. The second kappa shape index (κ2) is 10.3. The molecule has 5 heteroatoms. The zero-order valence-electron chi connectivity index (χ0n) is 19.3. The molecule has 1 amide bonds. The Balaban J connectivity index is 1.32. The summed E-state index contributed by atoms with van der Waals surface area (Å²) >= 11 is 0.